The van der Waals surface area contributed by atoms with E-state index < -0.39 is 11.6 Å². The number of hydrogen-bond acceptors (Lipinski definition) is 3. The first-order valence-corrected chi connectivity index (χ1v) is 12.7. The molecule has 4 nitrogen and oxygen atoms in total. The number of amides is 2. The third kappa shape index (κ3) is 8.18. The second-order valence-electron chi connectivity index (χ2n) is 8.51. The average Bonchev–Trinajstić information content (AvgIpc) is 2.68. The highest BCUT2D eigenvalue weighted by Gasteiger charge is 2.31. The molecule has 0 aliphatic carbocycles. The Hall–Kier alpha value is -1.40. The lowest BCUT2D eigenvalue weighted by molar-refractivity contribution is -0.140. The monoisotopic (exact) mass is 514 g/mol. The quantitative estimate of drug-likeness (QED) is 0.409. The van der Waals surface area contributed by atoms with E-state index in [2.05, 4.69) is 5.32 Å². The van der Waals surface area contributed by atoms with Gasteiger partial charge < -0.3 is 10.2 Å². The van der Waals surface area contributed by atoms with Crippen LogP contribution >= 0.6 is 46.6 Å². The summed E-state index contributed by atoms with van der Waals surface area (Å²) in [5.41, 5.74) is 1.25. The van der Waals surface area contributed by atoms with Crippen LogP contribution in [0.3, 0.4) is 0 Å². The van der Waals surface area contributed by atoms with E-state index >= 15 is 0 Å². The van der Waals surface area contributed by atoms with E-state index in [1.165, 1.54) is 11.8 Å². The number of rotatable bonds is 9. The highest BCUT2D eigenvalue weighted by molar-refractivity contribution is 7.99. The lowest BCUT2D eigenvalue weighted by atomic mass is 10.1. The van der Waals surface area contributed by atoms with Crippen molar-refractivity contribution in [2.24, 2.45) is 0 Å². The molecule has 2 rings (SSSR count). The second-order valence-corrected chi connectivity index (χ2v) is 10.7. The number of benzene rings is 2. The molecular formula is C24H29Cl3N2O2S. The van der Waals surface area contributed by atoms with Crippen LogP contribution in [0, 0.1) is 0 Å². The van der Waals surface area contributed by atoms with Gasteiger partial charge in [0, 0.05) is 38.5 Å². The van der Waals surface area contributed by atoms with E-state index in [0.29, 0.717) is 32.8 Å². The fourth-order valence-corrected chi connectivity index (χ4v) is 4.78. The SMILES string of the molecule is CC[C@H](C(=O)NC(C)(C)C)N(Cc1c(Cl)cccc1Cl)C(=O)CSCc1cccc(Cl)c1. The molecule has 1 atom stereocenters. The second kappa shape index (κ2) is 12.2. The summed E-state index contributed by atoms with van der Waals surface area (Å²) in [7, 11) is 0. The summed E-state index contributed by atoms with van der Waals surface area (Å²) in [5, 5.41) is 4.58. The Morgan fingerprint density at radius 3 is 2.25 bits per heavy atom. The third-order valence-corrected chi connectivity index (χ3v) is 6.59. The highest BCUT2D eigenvalue weighted by atomic mass is 35.5. The van der Waals surface area contributed by atoms with Gasteiger partial charge in [-0.1, -0.05) is 59.9 Å². The number of nitrogens with one attached hydrogen (secondary N) is 1. The first kappa shape index (κ1) is 26.8. The van der Waals surface area contributed by atoms with Crippen molar-refractivity contribution in [1.82, 2.24) is 10.2 Å². The summed E-state index contributed by atoms with van der Waals surface area (Å²) in [4.78, 5) is 27.9. The van der Waals surface area contributed by atoms with Gasteiger partial charge in [-0.25, -0.2) is 0 Å². The maximum atomic E-state index is 13.3. The summed E-state index contributed by atoms with van der Waals surface area (Å²) >= 11 is 20.3. The zero-order valence-corrected chi connectivity index (χ0v) is 21.8. The minimum atomic E-state index is -0.638. The summed E-state index contributed by atoms with van der Waals surface area (Å²) in [6.07, 6.45) is 0.467. The highest BCUT2D eigenvalue weighted by Crippen LogP contribution is 2.28. The number of carbonyl (C=O) groups excluding carboxylic acids is 2. The molecule has 0 spiro atoms. The third-order valence-electron chi connectivity index (χ3n) is 4.66. The van der Waals surface area contributed by atoms with E-state index in [-0.39, 0.29) is 24.1 Å². The van der Waals surface area contributed by atoms with Crippen LogP contribution in [0.5, 0.6) is 0 Å². The molecule has 1 N–H and O–H groups in total. The molecule has 0 bridgehead atoms. The van der Waals surface area contributed by atoms with Gasteiger partial charge >= 0.3 is 0 Å². The van der Waals surface area contributed by atoms with Gasteiger partial charge in [0.15, 0.2) is 0 Å². The number of halogens is 3. The first-order chi connectivity index (χ1) is 15.0. The fourth-order valence-electron chi connectivity index (χ4n) is 3.19. The molecule has 0 unspecified atom stereocenters. The van der Waals surface area contributed by atoms with Crippen molar-refractivity contribution in [3.63, 3.8) is 0 Å². The molecule has 0 aromatic heterocycles. The Morgan fingerprint density at radius 1 is 1.06 bits per heavy atom. The number of nitrogens with zero attached hydrogens (tertiary/aromatic N) is 1. The molecule has 0 aliphatic rings. The minimum absolute atomic E-state index is 0.149. The van der Waals surface area contributed by atoms with E-state index in [1.807, 2.05) is 52.0 Å². The van der Waals surface area contributed by atoms with Gasteiger partial charge in [0.1, 0.15) is 6.04 Å². The van der Waals surface area contributed by atoms with Crippen LogP contribution in [0.4, 0.5) is 0 Å². The van der Waals surface area contributed by atoms with Gasteiger partial charge in [-0.3, -0.25) is 9.59 Å². The van der Waals surface area contributed by atoms with Crippen LogP contribution in [0.15, 0.2) is 42.5 Å². The zero-order chi connectivity index (χ0) is 23.9. The largest absolute Gasteiger partial charge is 0.350 e. The number of thioether (sulfide) groups is 1. The van der Waals surface area contributed by atoms with Crippen LogP contribution < -0.4 is 5.32 Å². The van der Waals surface area contributed by atoms with Crippen LogP contribution in [0.2, 0.25) is 15.1 Å². The molecule has 0 aliphatic heterocycles. The van der Waals surface area contributed by atoms with E-state index in [4.69, 9.17) is 34.8 Å². The Morgan fingerprint density at radius 2 is 1.69 bits per heavy atom. The summed E-state index contributed by atoms with van der Waals surface area (Å²) < 4.78 is 0. The van der Waals surface area contributed by atoms with Gasteiger partial charge in [-0.15, -0.1) is 11.8 Å². The van der Waals surface area contributed by atoms with Gasteiger partial charge in [0.25, 0.3) is 0 Å². The summed E-state index contributed by atoms with van der Waals surface area (Å²) in [6, 6.07) is 12.1. The van der Waals surface area contributed by atoms with E-state index in [1.54, 1.807) is 23.1 Å². The van der Waals surface area contributed by atoms with Crippen molar-refractivity contribution < 1.29 is 9.59 Å². The zero-order valence-electron chi connectivity index (χ0n) is 18.8. The smallest absolute Gasteiger partial charge is 0.243 e. The molecule has 0 fully saturated rings. The van der Waals surface area contributed by atoms with Crippen molar-refractivity contribution in [1.29, 1.82) is 0 Å². The molecule has 0 radical (unpaired) electrons. The molecule has 8 heteroatoms. The molecule has 2 amide bonds. The average molecular weight is 516 g/mol. The lowest BCUT2D eigenvalue weighted by Gasteiger charge is -2.33. The van der Waals surface area contributed by atoms with Gasteiger partial charge in [0.05, 0.1) is 5.75 Å². The molecule has 0 saturated carbocycles. The van der Waals surface area contributed by atoms with Crippen LogP contribution in [-0.2, 0) is 21.9 Å². The van der Waals surface area contributed by atoms with Crippen molar-refractivity contribution in [3.05, 3.63) is 68.7 Å². The molecule has 32 heavy (non-hydrogen) atoms. The molecular weight excluding hydrogens is 487 g/mol. The fraction of sp³-hybridized carbons (Fsp3) is 0.417. The van der Waals surface area contributed by atoms with Gasteiger partial charge in [-0.05, 0) is 57.0 Å². The predicted molar refractivity (Wildman–Crippen MR) is 137 cm³/mol. The molecule has 0 saturated heterocycles. The van der Waals surface area contributed by atoms with E-state index in [0.717, 1.165) is 5.56 Å². The van der Waals surface area contributed by atoms with Crippen molar-refractivity contribution >= 4 is 58.4 Å². The summed E-state index contributed by atoms with van der Waals surface area (Å²) in [6.45, 7) is 7.78. The van der Waals surface area contributed by atoms with Crippen molar-refractivity contribution in [2.45, 2.75) is 58.0 Å². The van der Waals surface area contributed by atoms with Crippen LogP contribution in [0.25, 0.3) is 0 Å². The standard InChI is InChI=1S/C24H29Cl3N2O2S/c1-5-21(23(31)28-24(2,3)4)29(13-18-19(26)10-7-11-20(18)27)22(30)15-32-14-16-8-6-9-17(25)12-16/h6-12,21H,5,13-15H2,1-4H3,(H,28,31)/t21-/m1/s1. The van der Waals surface area contributed by atoms with Crippen LogP contribution in [-0.4, -0.2) is 34.0 Å². The summed E-state index contributed by atoms with van der Waals surface area (Å²) in [5.74, 6) is 0.506. The van der Waals surface area contributed by atoms with Gasteiger partial charge in [0.2, 0.25) is 11.8 Å². The Bertz CT molecular complexity index is 927. The molecule has 2 aromatic carbocycles. The maximum absolute atomic E-state index is 13.3. The van der Waals surface area contributed by atoms with Crippen molar-refractivity contribution in [3.8, 4) is 0 Å². The topological polar surface area (TPSA) is 49.4 Å². The number of hydrogen-bond donors (Lipinski definition) is 1. The first-order valence-electron chi connectivity index (χ1n) is 10.4. The Kier molecular flexibility index (Phi) is 10.2. The van der Waals surface area contributed by atoms with Gasteiger partial charge in [-0.2, -0.15) is 0 Å². The Labute approximate surface area is 210 Å². The normalized spacial score (nSPS) is 12.3. The maximum Gasteiger partial charge on any atom is 0.243 e. The Balaban J connectivity index is 2.23. The van der Waals surface area contributed by atoms with Crippen LogP contribution in [0.1, 0.15) is 45.2 Å². The molecule has 0 heterocycles. The predicted octanol–water partition coefficient (Wildman–Crippen LogP) is 6.60. The molecule has 2 aromatic rings. The lowest BCUT2D eigenvalue weighted by Crippen LogP contribution is -2.53. The van der Waals surface area contributed by atoms with Crippen molar-refractivity contribution in [2.75, 3.05) is 5.75 Å². The molecule has 174 valence electrons. The number of carbonyl (C=O) groups is 2. The van der Waals surface area contributed by atoms with E-state index in [9.17, 15) is 9.59 Å². The minimum Gasteiger partial charge on any atom is -0.350 e.